The van der Waals surface area contributed by atoms with Crippen LogP contribution in [0.15, 0.2) is 79.0 Å². The van der Waals surface area contributed by atoms with Gasteiger partial charge in [-0.25, -0.2) is 0 Å². The average molecular weight is 455 g/mol. The lowest BCUT2D eigenvalue weighted by Gasteiger charge is -2.28. The highest BCUT2D eigenvalue weighted by Gasteiger charge is 2.42. The maximum absolute atomic E-state index is 10.5. The minimum Gasteiger partial charge on any atom is -0.506 e. The number of nitrogens with one attached hydrogen (secondary N) is 1. The lowest BCUT2D eigenvalue weighted by atomic mass is 9.96. The number of thiocarbonyl (C=S) groups is 1. The predicted octanol–water partition coefficient (Wildman–Crippen LogP) is 5.68. The molecule has 33 heavy (non-hydrogen) atoms. The number of rotatable bonds is 4. The van der Waals surface area contributed by atoms with E-state index >= 15 is 0 Å². The molecule has 2 unspecified atom stereocenters. The minimum atomic E-state index is -0.113. The van der Waals surface area contributed by atoms with Gasteiger partial charge in [0, 0.05) is 23.3 Å². The first-order chi connectivity index (χ1) is 16.0. The van der Waals surface area contributed by atoms with Crippen LogP contribution in [0.1, 0.15) is 40.3 Å². The van der Waals surface area contributed by atoms with Crippen LogP contribution in [0.2, 0.25) is 0 Å². The molecule has 2 atom stereocenters. The molecule has 6 heteroatoms. The standard InChI is InChI=1S/C27H26N4OS/c1-17-11-13-20(14-12-17)31-26(25(29-27(31)33)22-8-6-7-15-28-22)21-16-18(2)30(19(21)3)23-9-4-5-10-24(23)32/h4-16,25-26,32H,1-3H3,(H,29,33). The van der Waals surface area contributed by atoms with E-state index in [1.165, 1.54) is 5.56 Å². The molecule has 0 spiro atoms. The van der Waals surface area contributed by atoms with Crippen molar-refractivity contribution in [1.82, 2.24) is 14.9 Å². The van der Waals surface area contributed by atoms with Gasteiger partial charge in [0.2, 0.25) is 0 Å². The molecule has 2 aromatic heterocycles. The Bertz CT molecular complexity index is 1310. The number of hydrogen-bond donors (Lipinski definition) is 2. The molecular formula is C27H26N4OS. The molecule has 1 aliphatic heterocycles. The van der Waals surface area contributed by atoms with Crippen LogP contribution in [0.4, 0.5) is 5.69 Å². The summed E-state index contributed by atoms with van der Waals surface area (Å²) in [5, 5.41) is 14.7. The second-order valence-corrected chi connectivity index (χ2v) is 8.87. The van der Waals surface area contributed by atoms with Crippen LogP contribution >= 0.6 is 12.2 Å². The molecule has 2 N–H and O–H groups in total. The van der Waals surface area contributed by atoms with Gasteiger partial charge in [0.1, 0.15) is 5.75 Å². The monoisotopic (exact) mass is 454 g/mol. The van der Waals surface area contributed by atoms with E-state index in [0.717, 1.165) is 34.0 Å². The Morgan fingerprint density at radius 3 is 2.36 bits per heavy atom. The molecule has 1 fully saturated rings. The molecule has 4 aromatic rings. The largest absolute Gasteiger partial charge is 0.506 e. The molecule has 0 saturated carbocycles. The first-order valence-corrected chi connectivity index (χ1v) is 11.4. The second kappa shape index (κ2) is 8.37. The molecule has 1 saturated heterocycles. The second-order valence-electron chi connectivity index (χ2n) is 8.48. The smallest absolute Gasteiger partial charge is 0.174 e. The third-order valence-electron chi connectivity index (χ3n) is 6.32. The van der Waals surface area contributed by atoms with E-state index in [9.17, 15) is 5.11 Å². The molecule has 0 aliphatic carbocycles. The zero-order valence-electron chi connectivity index (χ0n) is 18.9. The van der Waals surface area contributed by atoms with E-state index in [4.69, 9.17) is 12.2 Å². The fraction of sp³-hybridized carbons (Fsp3) is 0.185. The number of anilines is 1. The van der Waals surface area contributed by atoms with Crippen LogP contribution in [0.25, 0.3) is 5.69 Å². The summed E-state index contributed by atoms with van der Waals surface area (Å²) in [7, 11) is 0. The Morgan fingerprint density at radius 2 is 1.67 bits per heavy atom. The van der Waals surface area contributed by atoms with Crippen LogP contribution in [0, 0.1) is 20.8 Å². The Hall–Kier alpha value is -3.64. The summed E-state index contributed by atoms with van der Waals surface area (Å²) in [6.07, 6.45) is 1.82. The van der Waals surface area contributed by atoms with Gasteiger partial charge < -0.3 is 19.9 Å². The van der Waals surface area contributed by atoms with Crippen molar-refractivity contribution in [3.8, 4) is 11.4 Å². The highest BCUT2D eigenvalue weighted by atomic mass is 32.1. The molecule has 166 valence electrons. The van der Waals surface area contributed by atoms with Crippen molar-refractivity contribution in [2.75, 3.05) is 4.90 Å². The van der Waals surface area contributed by atoms with Gasteiger partial charge in [-0.1, -0.05) is 35.9 Å². The number of pyridine rings is 1. The average Bonchev–Trinajstić information content (AvgIpc) is 3.31. The van der Waals surface area contributed by atoms with E-state index in [1.54, 1.807) is 6.07 Å². The van der Waals surface area contributed by atoms with Crippen LogP contribution < -0.4 is 10.2 Å². The zero-order valence-corrected chi connectivity index (χ0v) is 19.7. The van der Waals surface area contributed by atoms with E-state index < -0.39 is 0 Å². The number of hydrogen-bond acceptors (Lipinski definition) is 3. The van der Waals surface area contributed by atoms with Gasteiger partial charge in [-0.05, 0) is 81.0 Å². The van der Waals surface area contributed by atoms with Crippen molar-refractivity contribution in [2.45, 2.75) is 32.9 Å². The Morgan fingerprint density at radius 1 is 0.939 bits per heavy atom. The summed E-state index contributed by atoms with van der Waals surface area (Å²) < 4.78 is 2.11. The van der Waals surface area contributed by atoms with Crippen LogP contribution in [0.5, 0.6) is 5.75 Å². The first-order valence-electron chi connectivity index (χ1n) is 11.0. The van der Waals surface area contributed by atoms with E-state index in [2.05, 4.69) is 70.9 Å². The van der Waals surface area contributed by atoms with Crippen LogP contribution in [-0.4, -0.2) is 19.8 Å². The molecular weight excluding hydrogens is 428 g/mol. The Balaban J connectivity index is 1.69. The fourth-order valence-corrected chi connectivity index (χ4v) is 5.11. The van der Waals surface area contributed by atoms with Crippen molar-refractivity contribution in [1.29, 1.82) is 0 Å². The van der Waals surface area contributed by atoms with Crippen LogP contribution in [-0.2, 0) is 0 Å². The maximum atomic E-state index is 10.5. The van der Waals surface area contributed by atoms with Crippen molar-refractivity contribution in [2.24, 2.45) is 0 Å². The van der Waals surface area contributed by atoms with E-state index in [-0.39, 0.29) is 17.8 Å². The summed E-state index contributed by atoms with van der Waals surface area (Å²) >= 11 is 5.85. The van der Waals surface area contributed by atoms with Gasteiger partial charge in [-0.3, -0.25) is 4.98 Å². The fourth-order valence-electron chi connectivity index (χ4n) is 4.77. The predicted molar refractivity (Wildman–Crippen MR) is 136 cm³/mol. The van der Waals surface area contributed by atoms with E-state index in [1.807, 2.05) is 42.6 Å². The van der Waals surface area contributed by atoms with Crippen LogP contribution in [0.3, 0.4) is 0 Å². The number of nitrogens with zero attached hydrogens (tertiary/aromatic N) is 3. The summed E-state index contributed by atoms with van der Waals surface area (Å²) in [4.78, 5) is 6.83. The normalized spacial score (nSPS) is 17.9. The Kier molecular flexibility index (Phi) is 5.38. The first kappa shape index (κ1) is 21.2. The van der Waals surface area contributed by atoms with Crippen molar-refractivity contribution < 1.29 is 5.11 Å². The molecule has 0 bridgehead atoms. The molecule has 1 aliphatic rings. The number of para-hydroxylation sites is 2. The lowest BCUT2D eigenvalue weighted by Crippen LogP contribution is -2.29. The number of aromatic nitrogens is 2. The van der Waals surface area contributed by atoms with Gasteiger partial charge in [0.15, 0.2) is 5.11 Å². The summed E-state index contributed by atoms with van der Waals surface area (Å²) in [6.45, 7) is 6.24. The highest BCUT2D eigenvalue weighted by molar-refractivity contribution is 7.80. The summed E-state index contributed by atoms with van der Waals surface area (Å²) in [6, 6.07) is 23.8. The Labute approximate surface area is 199 Å². The summed E-state index contributed by atoms with van der Waals surface area (Å²) in [5.74, 6) is 0.252. The third-order valence-corrected chi connectivity index (χ3v) is 6.64. The van der Waals surface area contributed by atoms with Gasteiger partial charge >= 0.3 is 0 Å². The number of aromatic hydroxyl groups is 1. The topological polar surface area (TPSA) is 53.3 Å². The molecule has 0 amide bonds. The zero-order chi connectivity index (χ0) is 23.1. The SMILES string of the molecule is Cc1ccc(N2C(=S)NC(c3ccccn3)C2c2cc(C)n(-c3ccccc3O)c2C)cc1. The number of phenolic OH excluding ortho intramolecular Hbond substituents is 1. The van der Waals surface area contributed by atoms with Gasteiger partial charge in [-0.2, -0.15) is 0 Å². The van der Waals surface area contributed by atoms with Gasteiger partial charge in [-0.15, -0.1) is 0 Å². The molecule has 2 aromatic carbocycles. The molecule has 5 nitrogen and oxygen atoms in total. The van der Waals surface area contributed by atoms with Crippen molar-refractivity contribution in [3.05, 3.63) is 107 Å². The number of aryl methyl sites for hydroxylation is 2. The molecule has 3 heterocycles. The number of benzene rings is 2. The highest BCUT2D eigenvalue weighted by Crippen LogP contribution is 2.44. The molecule has 0 radical (unpaired) electrons. The number of phenols is 1. The molecule has 5 rings (SSSR count). The quantitative estimate of drug-likeness (QED) is 0.389. The third kappa shape index (κ3) is 3.66. The van der Waals surface area contributed by atoms with E-state index in [0.29, 0.717) is 5.11 Å². The maximum Gasteiger partial charge on any atom is 0.174 e. The van der Waals surface area contributed by atoms with Gasteiger partial charge in [0.25, 0.3) is 0 Å². The van der Waals surface area contributed by atoms with Crippen molar-refractivity contribution in [3.63, 3.8) is 0 Å². The van der Waals surface area contributed by atoms with Gasteiger partial charge in [0.05, 0.1) is 23.5 Å². The van der Waals surface area contributed by atoms with Crippen molar-refractivity contribution >= 4 is 23.0 Å². The summed E-state index contributed by atoms with van der Waals surface area (Å²) in [5.41, 5.74) is 7.19. The lowest BCUT2D eigenvalue weighted by molar-refractivity contribution is 0.471. The minimum absolute atomic E-state index is 0.0964.